The number of ether oxygens (including phenoxy) is 3. The highest BCUT2D eigenvalue weighted by molar-refractivity contribution is 5.75. The number of amides is 1. The summed E-state index contributed by atoms with van der Waals surface area (Å²) in [6.07, 6.45) is 3.36. The first-order valence-electron chi connectivity index (χ1n) is 8.44. The van der Waals surface area contributed by atoms with E-state index < -0.39 is 0 Å². The molecule has 0 radical (unpaired) electrons. The van der Waals surface area contributed by atoms with Gasteiger partial charge in [-0.2, -0.15) is 0 Å². The van der Waals surface area contributed by atoms with Crippen molar-refractivity contribution in [1.29, 1.82) is 0 Å². The van der Waals surface area contributed by atoms with E-state index in [0.717, 1.165) is 25.1 Å². The van der Waals surface area contributed by atoms with Gasteiger partial charge in [-0.05, 0) is 38.3 Å². The molecule has 1 aromatic rings. The second kappa shape index (κ2) is 9.37. The van der Waals surface area contributed by atoms with Gasteiger partial charge in [-0.15, -0.1) is 0 Å². The third kappa shape index (κ3) is 5.03. The van der Waals surface area contributed by atoms with Crippen LogP contribution in [0.4, 0.5) is 0 Å². The van der Waals surface area contributed by atoms with Crippen LogP contribution in [-0.4, -0.2) is 46.9 Å². The van der Waals surface area contributed by atoms with Gasteiger partial charge in [0.2, 0.25) is 5.91 Å². The van der Waals surface area contributed by atoms with Gasteiger partial charge in [0.25, 0.3) is 0 Å². The number of rotatable bonds is 9. The lowest BCUT2D eigenvalue weighted by Crippen LogP contribution is -2.26. The predicted molar refractivity (Wildman–Crippen MR) is 93.0 cm³/mol. The van der Waals surface area contributed by atoms with Crippen LogP contribution in [0.25, 0.3) is 0 Å². The lowest BCUT2D eigenvalue weighted by molar-refractivity contribution is -0.121. The Kier molecular flexibility index (Phi) is 7.18. The van der Waals surface area contributed by atoms with Crippen LogP contribution >= 0.6 is 0 Å². The quantitative estimate of drug-likeness (QED) is 0.719. The summed E-state index contributed by atoms with van der Waals surface area (Å²) in [5.41, 5.74) is 0.932. The molecule has 0 saturated carbocycles. The molecule has 1 unspecified atom stereocenters. The third-order valence-corrected chi connectivity index (χ3v) is 4.46. The van der Waals surface area contributed by atoms with Crippen molar-refractivity contribution < 1.29 is 19.0 Å². The second-order valence-electron chi connectivity index (χ2n) is 6.01. The first-order valence-corrected chi connectivity index (χ1v) is 8.44. The van der Waals surface area contributed by atoms with Crippen LogP contribution in [0.5, 0.6) is 17.2 Å². The standard InChI is InChI=1S/C18H28N2O4/c1-22-14-10-16(23-2)15(17(11-14)24-3)7-9-20-18(21)5-4-13-6-8-19-12-13/h10-11,13,19H,4-9,12H2,1-3H3,(H,20,21). The number of methoxy groups -OCH3 is 3. The summed E-state index contributed by atoms with van der Waals surface area (Å²) in [5.74, 6) is 2.84. The molecule has 0 aliphatic carbocycles. The Bertz CT molecular complexity index is 517. The SMILES string of the molecule is COc1cc(OC)c(CCNC(=O)CCC2CCNC2)c(OC)c1. The third-order valence-electron chi connectivity index (χ3n) is 4.46. The van der Waals surface area contributed by atoms with Crippen molar-refractivity contribution in [2.75, 3.05) is 41.0 Å². The zero-order chi connectivity index (χ0) is 17.4. The smallest absolute Gasteiger partial charge is 0.220 e. The summed E-state index contributed by atoms with van der Waals surface area (Å²) in [6.45, 7) is 2.66. The predicted octanol–water partition coefficient (Wildman–Crippen LogP) is 1.76. The fraction of sp³-hybridized carbons (Fsp3) is 0.611. The average molecular weight is 336 g/mol. The Balaban J connectivity index is 1.85. The molecule has 1 fully saturated rings. The van der Waals surface area contributed by atoms with Crippen LogP contribution in [0.15, 0.2) is 12.1 Å². The summed E-state index contributed by atoms with van der Waals surface area (Å²) in [6, 6.07) is 3.65. The van der Waals surface area contributed by atoms with Crippen LogP contribution in [0, 0.1) is 5.92 Å². The second-order valence-corrected chi connectivity index (χ2v) is 6.01. The van der Waals surface area contributed by atoms with Crippen molar-refractivity contribution >= 4 is 5.91 Å². The van der Waals surface area contributed by atoms with Gasteiger partial charge in [0.05, 0.1) is 21.3 Å². The first-order chi connectivity index (χ1) is 11.7. The fourth-order valence-electron chi connectivity index (χ4n) is 3.04. The maximum Gasteiger partial charge on any atom is 0.220 e. The monoisotopic (exact) mass is 336 g/mol. The molecule has 1 aliphatic rings. The molecule has 0 bridgehead atoms. The normalized spacial score (nSPS) is 16.7. The number of carbonyl (C=O) groups is 1. The summed E-state index contributed by atoms with van der Waals surface area (Å²) in [7, 11) is 4.84. The topological polar surface area (TPSA) is 68.8 Å². The molecule has 134 valence electrons. The summed E-state index contributed by atoms with van der Waals surface area (Å²) < 4.78 is 16.1. The maximum atomic E-state index is 12.0. The van der Waals surface area contributed by atoms with Crippen molar-refractivity contribution in [2.24, 2.45) is 5.92 Å². The minimum Gasteiger partial charge on any atom is -0.496 e. The molecule has 1 atom stereocenters. The van der Waals surface area contributed by atoms with E-state index in [1.807, 2.05) is 12.1 Å². The summed E-state index contributed by atoms with van der Waals surface area (Å²) >= 11 is 0. The zero-order valence-corrected chi connectivity index (χ0v) is 14.8. The van der Waals surface area contributed by atoms with Gasteiger partial charge in [-0.1, -0.05) is 0 Å². The zero-order valence-electron chi connectivity index (χ0n) is 14.8. The maximum absolute atomic E-state index is 12.0. The minimum atomic E-state index is 0.105. The van der Waals surface area contributed by atoms with E-state index in [9.17, 15) is 4.79 Å². The van der Waals surface area contributed by atoms with Crippen molar-refractivity contribution in [1.82, 2.24) is 10.6 Å². The van der Waals surface area contributed by atoms with Gasteiger partial charge >= 0.3 is 0 Å². The van der Waals surface area contributed by atoms with E-state index in [2.05, 4.69) is 10.6 Å². The highest BCUT2D eigenvalue weighted by Crippen LogP contribution is 2.34. The van der Waals surface area contributed by atoms with Gasteiger partial charge in [0.1, 0.15) is 17.2 Å². The number of hydrogen-bond donors (Lipinski definition) is 2. The van der Waals surface area contributed by atoms with Gasteiger partial charge < -0.3 is 24.8 Å². The van der Waals surface area contributed by atoms with Crippen molar-refractivity contribution in [3.63, 3.8) is 0 Å². The Morgan fingerprint density at radius 1 is 1.21 bits per heavy atom. The molecule has 1 saturated heterocycles. The number of benzene rings is 1. The van der Waals surface area contributed by atoms with E-state index in [0.29, 0.717) is 42.6 Å². The Morgan fingerprint density at radius 3 is 2.46 bits per heavy atom. The highest BCUT2D eigenvalue weighted by Gasteiger charge is 2.16. The minimum absolute atomic E-state index is 0.105. The van der Waals surface area contributed by atoms with Crippen LogP contribution in [0.2, 0.25) is 0 Å². The van der Waals surface area contributed by atoms with Gasteiger partial charge in [0.15, 0.2) is 0 Å². The van der Waals surface area contributed by atoms with E-state index in [1.165, 1.54) is 6.42 Å². The molecule has 1 aromatic carbocycles. The Morgan fingerprint density at radius 2 is 1.92 bits per heavy atom. The summed E-state index contributed by atoms with van der Waals surface area (Å²) in [4.78, 5) is 12.0. The molecule has 24 heavy (non-hydrogen) atoms. The largest absolute Gasteiger partial charge is 0.496 e. The van der Waals surface area contributed by atoms with Crippen LogP contribution in [0.1, 0.15) is 24.8 Å². The molecule has 0 aromatic heterocycles. The van der Waals surface area contributed by atoms with Crippen molar-refractivity contribution in [3.05, 3.63) is 17.7 Å². The molecular weight excluding hydrogens is 308 g/mol. The van der Waals surface area contributed by atoms with Gasteiger partial charge in [-0.25, -0.2) is 0 Å². The molecule has 1 amide bonds. The molecule has 2 N–H and O–H groups in total. The number of nitrogens with one attached hydrogen (secondary N) is 2. The molecule has 1 aliphatic heterocycles. The number of hydrogen-bond acceptors (Lipinski definition) is 5. The molecule has 6 heteroatoms. The lowest BCUT2D eigenvalue weighted by atomic mass is 10.0. The van der Waals surface area contributed by atoms with E-state index in [4.69, 9.17) is 14.2 Å². The highest BCUT2D eigenvalue weighted by atomic mass is 16.5. The molecule has 0 spiro atoms. The molecule has 1 heterocycles. The molecular formula is C18H28N2O4. The fourth-order valence-corrected chi connectivity index (χ4v) is 3.04. The first kappa shape index (κ1) is 18.4. The molecule has 6 nitrogen and oxygen atoms in total. The Hall–Kier alpha value is -1.95. The van der Waals surface area contributed by atoms with Crippen LogP contribution in [-0.2, 0) is 11.2 Å². The van der Waals surface area contributed by atoms with Crippen LogP contribution < -0.4 is 24.8 Å². The molecule has 2 rings (SSSR count). The van der Waals surface area contributed by atoms with E-state index >= 15 is 0 Å². The lowest BCUT2D eigenvalue weighted by Gasteiger charge is -2.15. The Labute approximate surface area is 143 Å². The average Bonchev–Trinajstić information content (AvgIpc) is 3.13. The number of carbonyl (C=O) groups excluding carboxylic acids is 1. The van der Waals surface area contributed by atoms with Gasteiger partial charge in [0, 0.05) is 30.7 Å². The van der Waals surface area contributed by atoms with Gasteiger partial charge in [-0.3, -0.25) is 4.79 Å². The van der Waals surface area contributed by atoms with Crippen molar-refractivity contribution in [2.45, 2.75) is 25.7 Å². The van der Waals surface area contributed by atoms with Crippen molar-refractivity contribution in [3.8, 4) is 17.2 Å². The van der Waals surface area contributed by atoms with Crippen LogP contribution in [0.3, 0.4) is 0 Å². The van der Waals surface area contributed by atoms with E-state index in [1.54, 1.807) is 21.3 Å². The summed E-state index contributed by atoms with van der Waals surface area (Å²) in [5, 5.41) is 6.31. The van der Waals surface area contributed by atoms with E-state index in [-0.39, 0.29) is 5.91 Å².